The van der Waals surface area contributed by atoms with Gasteiger partial charge in [-0.2, -0.15) is 0 Å². The summed E-state index contributed by atoms with van der Waals surface area (Å²) in [5, 5.41) is 0.730. The van der Waals surface area contributed by atoms with E-state index in [4.69, 9.17) is 18.9 Å². The molecule has 2 aliphatic rings. The molecule has 4 atom stereocenters. The van der Waals surface area contributed by atoms with E-state index in [1.165, 1.54) is 0 Å². The van der Waals surface area contributed by atoms with E-state index in [-0.39, 0.29) is 24.6 Å². The number of hydrogen-bond acceptors (Lipinski definition) is 4. The molecule has 2 aliphatic heterocycles. The van der Waals surface area contributed by atoms with Crippen LogP contribution in [0.25, 0.3) is 0 Å². The van der Waals surface area contributed by atoms with Crippen LogP contribution in [-0.2, 0) is 18.9 Å². The van der Waals surface area contributed by atoms with E-state index in [9.17, 15) is 0 Å². The fourth-order valence-electron chi connectivity index (χ4n) is 1.96. The lowest BCUT2D eigenvalue weighted by molar-refractivity contribution is -0.224. The molecule has 0 bridgehead atoms. The Bertz CT molecular complexity index is 201. The quantitative estimate of drug-likeness (QED) is 0.706. The minimum absolute atomic E-state index is 0.00623. The monoisotopic (exact) mass is 266 g/mol. The normalized spacial score (nSPS) is 45.4. The molecule has 0 saturated carbocycles. The highest BCUT2D eigenvalue weighted by molar-refractivity contribution is 9.09. The lowest BCUT2D eigenvalue weighted by Gasteiger charge is -2.22. The van der Waals surface area contributed by atoms with Gasteiger partial charge in [-0.15, -0.1) is 0 Å². The van der Waals surface area contributed by atoms with Gasteiger partial charge in [-0.25, -0.2) is 0 Å². The minimum Gasteiger partial charge on any atom is -0.353 e. The third kappa shape index (κ3) is 1.72. The molecule has 4 nitrogen and oxygen atoms in total. The van der Waals surface area contributed by atoms with Crippen molar-refractivity contribution in [1.82, 2.24) is 0 Å². The van der Waals surface area contributed by atoms with Gasteiger partial charge in [-0.1, -0.05) is 15.9 Å². The minimum atomic E-state index is -0.531. The molecule has 14 heavy (non-hydrogen) atoms. The van der Waals surface area contributed by atoms with Crippen LogP contribution in [0.15, 0.2) is 0 Å². The molecule has 1 unspecified atom stereocenters. The van der Waals surface area contributed by atoms with Crippen molar-refractivity contribution in [1.29, 1.82) is 0 Å². The molecule has 0 radical (unpaired) electrons. The van der Waals surface area contributed by atoms with Crippen molar-refractivity contribution in [2.24, 2.45) is 0 Å². The number of alkyl halides is 1. The first-order valence-corrected chi connectivity index (χ1v) is 5.79. The highest BCUT2D eigenvalue weighted by Crippen LogP contribution is 2.39. The van der Waals surface area contributed by atoms with E-state index in [0.717, 1.165) is 5.33 Å². The zero-order valence-electron chi connectivity index (χ0n) is 8.53. The molecule has 2 saturated heterocycles. The second-order valence-electron chi connectivity index (χ2n) is 4.00. The van der Waals surface area contributed by atoms with Gasteiger partial charge in [0.05, 0.1) is 6.10 Å². The summed E-state index contributed by atoms with van der Waals surface area (Å²) in [6, 6.07) is 0. The maximum absolute atomic E-state index is 5.75. The van der Waals surface area contributed by atoms with Crippen LogP contribution in [0.3, 0.4) is 0 Å². The lowest BCUT2D eigenvalue weighted by atomic mass is 10.2. The molecule has 0 aliphatic carbocycles. The summed E-state index contributed by atoms with van der Waals surface area (Å²) in [5.74, 6) is -0.531. The zero-order chi connectivity index (χ0) is 10.3. The molecule has 2 rings (SSSR count). The Kier molecular flexibility index (Phi) is 2.87. The van der Waals surface area contributed by atoms with Crippen LogP contribution in [0.1, 0.15) is 13.8 Å². The number of ether oxygens (including phenoxy) is 4. The smallest absolute Gasteiger partial charge is 0.186 e. The Hall–Kier alpha value is 0.320. The Labute approximate surface area is 92.0 Å². The summed E-state index contributed by atoms with van der Waals surface area (Å²) in [6.07, 6.45) is -0.456. The molecular formula is C9H15BrO4. The average Bonchev–Trinajstić information content (AvgIpc) is 2.57. The molecule has 0 aromatic heterocycles. The first-order valence-electron chi connectivity index (χ1n) is 4.67. The van der Waals surface area contributed by atoms with E-state index in [1.807, 2.05) is 13.8 Å². The van der Waals surface area contributed by atoms with Crippen LogP contribution >= 0.6 is 15.9 Å². The molecule has 0 aromatic carbocycles. The SMILES string of the molecule is COC1O[C@@H](CBr)[C@@H]2OC(C)(C)O[C@H]12. The average molecular weight is 267 g/mol. The van der Waals surface area contributed by atoms with Gasteiger partial charge in [0, 0.05) is 12.4 Å². The molecule has 82 valence electrons. The van der Waals surface area contributed by atoms with Gasteiger partial charge in [-0.3, -0.25) is 0 Å². The highest BCUT2D eigenvalue weighted by atomic mass is 79.9. The van der Waals surface area contributed by atoms with Crippen molar-refractivity contribution in [3.63, 3.8) is 0 Å². The van der Waals surface area contributed by atoms with Crippen molar-refractivity contribution in [2.75, 3.05) is 12.4 Å². The third-order valence-electron chi connectivity index (χ3n) is 2.49. The first kappa shape index (κ1) is 10.8. The summed E-state index contributed by atoms with van der Waals surface area (Å²) >= 11 is 3.39. The predicted molar refractivity (Wildman–Crippen MR) is 53.3 cm³/mol. The van der Waals surface area contributed by atoms with Crippen LogP contribution in [0, 0.1) is 0 Å². The molecule has 2 heterocycles. The molecule has 0 spiro atoms. The van der Waals surface area contributed by atoms with Crippen molar-refractivity contribution < 1.29 is 18.9 Å². The Balaban J connectivity index is 2.12. The van der Waals surface area contributed by atoms with Crippen LogP contribution < -0.4 is 0 Å². The van der Waals surface area contributed by atoms with Gasteiger partial charge in [0.25, 0.3) is 0 Å². The summed E-state index contributed by atoms with van der Waals surface area (Å²) in [5.41, 5.74) is 0. The molecule has 2 fully saturated rings. The predicted octanol–water partition coefficient (Wildman–Crippen LogP) is 1.27. The van der Waals surface area contributed by atoms with Gasteiger partial charge in [0.1, 0.15) is 12.2 Å². The van der Waals surface area contributed by atoms with Gasteiger partial charge < -0.3 is 18.9 Å². The summed E-state index contributed by atoms with van der Waals surface area (Å²) < 4.78 is 22.3. The fraction of sp³-hybridized carbons (Fsp3) is 1.00. The summed E-state index contributed by atoms with van der Waals surface area (Å²) in [6.45, 7) is 3.81. The molecular weight excluding hydrogens is 252 g/mol. The molecule has 0 aromatic rings. The number of fused-ring (bicyclic) bond motifs is 1. The Morgan fingerprint density at radius 2 is 1.93 bits per heavy atom. The summed E-state index contributed by atoms with van der Waals surface area (Å²) in [7, 11) is 1.62. The topological polar surface area (TPSA) is 36.9 Å². The molecule has 5 heteroatoms. The van der Waals surface area contributed by atoms with Crippen molar-refractivity contribution in [2.45, 2.75) is 44.2 Å². The lowest BCUT2D eigenvalue weighted by Crippen LogP contribution is -2.30. The van der Waals surface area contributed by atoms with Gasteiger partial charge in [-0.05, 0) is 13.8 Å². The summed E-state index contributed by atoms with van der Waals surface area (Å²) in [4.78, 5) is 0. The second-order valence-corrected chi connectivity index (χ2v) is 4.65. The van der Waals surface area contributed by atoms with Crippen molar-refractivity contribution in [3.05, 3.63) is 0 Å². The maximum atomic E-state index is 5.75. The Morgan fingerprint density at radius 1 is 1.29 bits per heavy atom. The van der Waals surface area contributed by atoms with Crippen LogP contribution in [-0.4, -0.2) is 42.8 Å². The molecule has 0 amide bonds. The molecule has 0 N–H and O–H groups in total. The van der Waals surface area contributed by atoms with Crippen molar-refractivity contribution >= 4 is 15.9 Å². The largest absolute Gasteiger partial charge is 0.353 e. The highest BCUT2D eigenvalue weighted by Gasteiger charge is 2.55. The fourth-order valence-corrected chi connectivity index (χ4v) is 2.48. The van der Waals surface area contributed by atoms with E-state index >= 15 is 0 Å². The number of rotatable bonds is 2. The third-order valence-corrected chi connectivity index (χ3v) is 3.13. The van der Waals surface area contributed by atoms with Gasteiger partial charge in [0.15, 0.2) is 12.1 Å². The van der Waals surface area contributed by atoms with Crippen LogP contribution in [0.4, 0.5) is 0 Å². The van der Waals surface area contributed by atoms with Crippen LogP contribution in [0.5, 0.6) is 0 Å². The van der Waals surface area contributed by atoms with Crippen molar-refractivity contribution in [3.8, 4) is 0 Å². The number of halogens is 1. The first-order chi connectivity index (χ1) is 6.57. The van der Waals surface area contributed by atoms with E-state index in [2.05, 4.69) is 15.9 Å². The van der Waals surface area contributed by atoms with Crippen LogP contribution in [0.2, 0.25) is 0 Å². The van der Waals surface area contributed by atoms with E-state index < -0.39 is 5.79 Å². The zero-order valence-corrected chi connectivity index (χ0v) is 10.1. The van der Waals surface area contributed by atoms with Gasteiger partial charge in [0.2, 0.25) is 0 Å². The van der Waals surface area contributed by atoms with E-state index in [0.29, 0.717) is 0 Å². The number of hydrogen-bond donors (Lipinski definition) is 0. The second kappa shape index (κ2) is 3.72. The number of methoxy groups -OCH3 is 1. The standard InChI is InChI=1S/C9H15BrO4/c1-9(2)13-6-5(4-10)12-8(11-3)7(6)14-9/h5-8H,4H2,1-3H3/t5-,6-,7-,8?/m0/s1. The van der Waals surface area contributed by atoms with E-state index in [1.54, 1.807) is 7.11 Å². The Morgan fingerprint density at radius 3 is 2.50 bits per heavy atom. The maximum Gasteiger partial charge on any atom is 0.186 e. The van der Waals surface area contributed by atoms with Gasteiger partial charge >= 0.3 is 0 Å².